The van der Waals surface area contributed by atoms with E-state index in [2.05, 4.69) is 34.3 Å². The van der Waals surface area contributed by atoms with Crippen molar-refractivity contribution in [3.63, 3.8) is 0 Å². The molecule has 2 N–H and O–H groups in total. The van der Waals surface area contributed by atoms with Crippen molar-refractivity contribution in [1.29, 1.82) is 0 Å². The molecule has 0 aliphatic heterocycles. The molecule has 2 heterocycles. The summed E-state index contributed by atoms with van der Waals surface area (Å²) >= 11 is 6.89. The van der Waals surface area contributed by atoms with Crippen LogP contribution in [0.25, 0.3) is 11.4 Å². The second kappa shape index (κ2) is 8.45. The normalized spacial score (nSPS) is 11.0. The Kier molecular flexibility index (Phi) is 6.02. The summed E-state index contributed by atoms with van der Waals surface area (Å²) in [5, 5.41) is 12.9. The maximum atomic E-state index is 12.4. The molecule has 7 nitrogen and oxygen atoms in total. The van der Waals surface area contributed by atoms with Crippen LogP contribution in [-0.2, 0) is 17.9 Å². The number of hydrogen-bond donors (Lipinski definition) is 2. The van der Waals surface area contributed by atoms with Gasteiger partial charge in [-0.15, -0.1) is 11.3 Å². The summed E-state index contributed by atoms with van der Waals surface area (Å²) in [6, 6.07) is 7.43. The fourth-order valence-corrected chi connectivity index (χ4v) is 3.51. The third-order valence-electron chi connectivity index (χ3n) is 3.94. The highest BCUT2D eigenvalue weighted by Crippen LogP contribution is 2.21. The maximum absolute atomic E-state index is 12.4. The van der Waals surface area contributed by atoms with Crippen molar-refractivity contribution in [3.05, 3.63) is 45.1 Å². The summed E-state index contributed by atoms with van der Waals surface area (Å²) < 4.78 is 7.24. The van der Waals surface area contributed by atoms with Crippen molar-refractivity contribution in [2.75, 3.05) is 7.11 Å². The van der Waals surface area contributed by atoms with Crippen molar-refractivity contribution < 1.29 is 9.53 Å². The molecule has 1 aromatic carbocycles. The lowest BCUT2D eigenvalue weighted by atomic mass is 10.2. The lowest BCUT2D eigenvalue weighted by Crippen LogP contribution is -2.27. The molecular weight excluding hydrogens is 382 g/mol. The van der Waals surface area contributed by atoms with Crippen molar-refractivity contribution in [1.82, 2.24) is 25.1 Å². The van der Waals surface area contributed by atoms with Crippen molar-refractivity contribution >= 4 is 29.5 Å². The first-order valence-corrected chi connectivity index (χ1v) is 9.77. The van der Waals surface area contributed by atoms with E-state index >= 15 is 0 Å². The number of rotatable bonds is 7. The molecule has 9 heteroatoms. The van der Waals surface area contributed by atoms with Crippen LogP contribution in [0.2, 0.25) is 0 Å². The van der Waals surface area contributed by atoms with Crippen molar-refractivity contribution in [2.24, 2.45) is 0 Å². The molecule has 0 saturated carbocycles. The first kappa shape index (κ1) is 19.2. The van der Waals surface area contributed by atoms with Gasteiger partial charge in [-0.3, -0.25) is 14.5 Å². The Morgan fingerprint density at radius 2 is 2.11 bits per heavy atom. The molecule has 27 heavy (non-hydrogen) atoms. The summed E-state index contributed by atoms with van der Waals surface area (Å²) in [5.41, 5.74) is 1.71. The zero-order valence-corrected chi connectivity index (χ0v) is 17.0. The molecule has 1 amide bonds. The lowest BCUT2D eigenvalue weighted by Gasteiger charge is -2.08. The Balaban J connectivity index is 1.68. The van der Waals surface area contributed by atoms with E-state index in [0.717, 1.165) is 22.0 Å². The molecule has 0 radical (unpaired) electrons. The number of thiazole rings is 1. The van der Waals surface area contributed by atoms with Crippen LogP contribution in [0, 0.1) is 4.77 Å². The number of ether oxygens (including phenoxy) is 1. The largest absolute Gasteiger partial charge is 0.497 e. The van der Waals surface area contributed by atoms with Gasteiger partial charge in [-0.1, -0.05) is 13.8 Å². The number of aromatic amines is 1. The van der Waals surface area contributed by atoms with E-state index in [1.54, 1.807) is 23.0 Å². The van der Waals surface area contributed by atoms with Crippen molar-refractivity contribution in [3.8, 4) is 17.1 Å². The minimum atomic E-state index is -0.152. The molecule has 0 atom stereocenters. The van der Waals surface area contributed by atoms with Gasteiger partial charge in [-0.2, -0.15) is 5.10 Å². The fraction of sp³-hybridized carbons (Fsp3) is 0.333. The number of H-pyrrole nitrogens is 1. The standard InChI is InChI=1S/C18H21N5O2S2/c1-11(2)17-20-13(10-27-17)8-19-15(24)9-23-16(21-22-18(23)26)12-4-6-14(25-3)7-5-12/h4-7,10-11H,8-9H2,1-3H3,(H,19,24)(H,22,26). The highest BCUT2D eigenvalue weighted by molar-refractivity contribution is 7.71. The quantitative estimate of drug-likeness (QED) is 0.590. The van der Waals surface area contributed by atoms with Crippen LogP contribution in [0.1, 0.15) is 30.5 Å². The fourth-order valence-electron chi connectivity index (χ4n) is 2.48. The summed E-state index contributed by atoms with van der Waals surface area (Å²) in [7, 11) is 1.61. The second-order valence-electron chi connectivity index (χ2n) is 6.28. The Labute approximate surface area is 166 Å². The smallest absolute Gasteiger partial charge is 0.240 e. The zero-order chi connectivity index (χ0) is 19.4. The lowest BCUT2D eigenvalue weighted by molar-refractivity contribution is -0.121. The Bertz CT molecular complexity index is 972. The first-order chi connectivity index (χ1) is 13.0. The Hall–Kier alpha value is -2.52. The van der Waals surface area contributed by atoms with Gasteiger partial charge in [0.1, 0.15) is 12.3 Å². The first-order valence-electron chi connectivity index (χ1n) is 8.48. The molecule has 3 aromatic rings. The van der Waals surface area contributed by atoms with Gasteiger partial charge in [0.25, 0.3) is 0 Å². The zero-order valence-electron chi connectivity index (χ0n) is 15.4. The second-order valence-corrected chi connectivity index (χ2v) is 7.55. The van der Waals surface area contributed by atoms with E-state index < -0.39 is 0 Å². The number of aromatic nitrogens is 4. The number of carbonyl (C=O) groups is 1. The number of benzene rings is 1. The van der Waals surface area contributed by atoms with E-state index in [4.69, 9.17) is 17.0 Å². The molecule has 0 fully saturated rings. The molecule has 0 saturated heterocycles. The molecule has 0 spiro atoms. The predicted octanol–water partition coefficient (Wildman–Crippen LogP) is 3.51. The SMILES string of the molecule is COc1ccc(-c2n[nH]c(=S)n2CC(=O)NCc2csc(C(C)C)n2)cc1. The number of carbonyl (C=O) groups excluding carboxylic acids is 1. The highest BCUT2D eigenvalue weighted by atomic mass is 32.1. The van der Waals surface area contributed by atoms with Crippen LogP contribution in [0.4, 0.5) is 0 Å². The summed E-state index contributed by atoms with van der Waals surface area (Å²) in [5.74, 6) is 1.59. The van der Waals surface area contributed by atoms with E-state index in [9.17, 15) is 4.79 Å². The number of methoxy groups -OCH3 is 1. The summed E-state index contributed by atoms with van der Waals surface area (Å²) in [4.78, 5) is 16.9. The minimum absolute atomic E-state index is 0.0812. The van der Waals surface area contributed by atoms with E-state index in [0.29, 0.717) is 23.1 Å². The molecule has 0 bridgehead atoms. The van der Waals surface area contributed by atoms with Gasteiger partial charge in [-0.25, -0.2) is 4.98 Å². The van der Waals surface area contributed by atoms with Crippen molar-refractivity contribution in [2.45, 2.75) is 32.9 Å². The average Bonchev–Trinajstić information content (AvgIpc) is 3.28. The molecular formula is C18H21N5O2S2. The van der Waals surface area contributed by atoms with E-state index in [1.165, 1.54) is 0 Å². The predicted molar refractivity (Wildman–Crippen MR) is 107 cm³/mol. The number of nitrogens with zero attached hydrogens (tertiary/aromatic N) is 3. The Morgan fingerprint density at radius 3 is 2.74 bits per heavy atom. The molecule has 3 rings (SSSR count). The van der Waals surface area contributed by atoms with Crippen LogP contribution < -0.4 is 10.1 Å². The van der Waals surface area contributed by atoms with E-state index in [-0.39, 0.29) is 12.5 Å². The number of nitrogens with one attached hydrogen (secondary N) is 2. The van der Waals surface area contributed by atoms with Crippen LogP contribution in [0.15, 0.2) is 29.6 Å². The number of hydrogen-bond acceptors (Lipinski definition) is 6. The van der Waals surface area contributed by atoms with Gasteiger partial charge in [0.05, 0.1) is 24.4 Å². The van der Waals surface area contributed by atoms with Gasteiger partial charge >= 0.3 is 0 Å². The van der Waals surface area contributed by atoms with Crippen LogP contribution in [0.3, 0.4) is 0 Å². The van der Waals surface area contributed by atoms with Gasteiger partial charge in [0, 0.05) is 16.9 Å². The minimum Gasteiger partial charge on any atom is -0.497 e. The molecule has 142 valence electrons. The topological polar surface area (TPSA) is 84.8 Å². The molecule has 0 aliphatic rings. The highest BCUT2D eigenvalue weighted by Gasteiger charge is 2.13. The Morgan fingerprint density at radius 1 is 1.37 bits per heavy atom. The molecule has 0 unspecified atom stereocenters. The van der Waals surface area contributed by atoms with Gasteiger partial charge < -0.3 is 10.1 Å². The summed E-state index contributed by atoms with van der Waals surface area (Å²) in [6.45, 7) is 4.67. The van der Waals surface area contributed by atoms with Crippen LogP contribution >= 0.6 is 23.6 Å². The van der Waals surface area contributed by atoms with Gasteiger partial charge in [0.15, 0.2) is 10.6 Å². The third kappa shape index (κ3) is 4.61. The van der Waals surface area contributed by atoms with Gasteiger partial charge in [0.2, 0.25) is 5.91 Å². The maximum Gasteiger partial charge on any atom is 0.240 e. The third-order valence-corrected chi connectivity index (χ3v) is 5.44. The average molecular weight is 404 g/mol. The number of amides is 1. The van der Waals surface area contributed by atoms with Crippen LogP contribution in [-0.4, -0.2) is 32.8 Å². The van der Waals surface area contributed by atoms with Crippen LogP contribution in [0.5, 0.6) is 5.75 Å². The molecule has 2 aromatic heterocycles. The monoisotopic (exact) mass is 403 g/mol. The molecule has 0 aliphatic carbocycles. The van der Waals surface area contributed by atoms with E-state index in [1.807, 2.05) is 29.6 Å². The summed E-state index contributed by atoms with van der Waals surface area (Å²) in [6.07, 6.45) is 0. The van der Waals surface area contributed by atoms with Gasteiger partial charge in [-0.05, 0) is 36.5 Å².